The topological polar surface area (TPSA) is 71.2 Å². The van der Waals surface area contributed by atoms with Gasteiger partial charge in [0, 0.05) is 25.4 Å². The van der Waals surface area contributed by atoms with E-state index in [0.29, 0.717) is 17.8 Å². The van der Waals surface area contributed by atoms with Crippen molar-refractivity contribution in [2.45, 2.75) is 38.6 Å². The van der Waals surface area contributed by atoms with Gasteiger partial charge in [0.05, 0.1) is 17.5 Å². The number of hydrogen-bond acceptors (Lipinski definition) is 4. The first kappa shape index (κ1) is 15.7. The summed E-state index contributed by atoms with van der Waals surface area (Å²) in [7, 11) is 0. The highest BCUT2D eigenvalue weighted by Gasteiger charge is 2.29. The van der Waals surface area contributed by atoms with Crippen LogP contribution in [-0.4, -0.2) is 49.9 Å². The lowest BCUT2D eigenvalue weighted by Crippen LogP contribution is -2.44. The minimum atomic E-state index is 0.00262. The Balaban J connectivity index is 1.87. The lowest BCUT2D eigenvalue weighted by Gasteiger charge is -2.35. The van der Waals surface area contributed by atoms with Gasteiger partial charge in [-0.25, -0.2) is 9.67 Å². The maximum atomic E-state index is 12.9. The number of carbonyl (C=O) groups excluding carboxylic acids is 1. The zero-order chi connectivity index (χ0) is 16.2. The summed E-state index contributed by atoms with van der Waals surface area (Å²) in [6.45, 7) is 2.75. The fraction of sp³-hybridized carbons (Fsp3) is 0.471. The van der Waals surface area contributed by atoms with Gasteiger partial charge in [-0.3, -0.25) is 4.79 Å². The van der Waals surface area contributed by atoms with E-state index in [0.717, 1.165) is 31.5 Å². The number of aromatic nitrogens is 3. The lowest BCUT2D eigenvalue weighted by atomic mass is 9.98. The van der Waals surface area contributed by atoms with E-state index >= 15 is 0 Å². The van der Waals surface area contributed by atoms with Crippen LogP contribution < -0.4 is 0 Å². The Labute approximate surface area is 135 Å². The van der Waals surface area contributed by atoms with Crippen molar-refractivity contribution in [3.63, 3.8) is 0 Å². The van der Waals surface area contributed by atoms with Crippen molar-refractivity contribution in [3.8, 4) is 5.82 Å². The molecule has 2 aromatic heterocycles. The highest BCUT2D eigenvalue weighted by atomic mass is 16.3. The van der Waals surface area contributed by atoms with Gasteiger partial charge in [-0.1, -0.05) is 6.07 Å². The number of piperidine rings is 1. The monoisotopic (exact) mass is 314 g/mol. The Morgan fingerprint density at radius 2 is 2.26 bits per heavy atom. The third-order valence-electron chi connectivity index (χ3n) is 4.46. The van der Waals surface area contributed by atoms with Crippen LogP contribution in [0.1, 0.15) is 41.7 Å². The molecule has 0 radical (unpaired) electrons. The Morgan fingerprint density at radius 3 is 3.00 bits per heavy atom. The third-order valence-corrected chi connectivity index (χ3v) is 4.46. The van der Waals surface area contributed by atoms with E-state index in [2.05, 4.69) is 10.1 Å². The van der Waals surface area contributed by atoms with Crippen LogP contribution in [0.3, 0.4) is 0 Å². The SMILES string of the molecule is Cc1c(C(=O)N2CCCCC2CCO)cnn1-c1ccccn1. The predicted molar refractivity (Wildman–Crippen MR) is 86.5 cm³/mol. The molecule has 1 N–H and O–H groups in total. The molecule has 1 aliphatic heterocycles. The summed E-state index contributed by atoms with van der Waals surface area (Å²) in [6, 6.07) is 5.73. The molecule has 1 aliphatic rings. The zero-order valence-electron chi connectivity index (χ0n) is 13.4. The smallest absolute Gasteiger partial charge is 0.257 e. The molecule has 1 fully saturated rings. The van der Waals surface area contributed by atoms with Gasteiger partial charge in [0.1, 0.15) is 0 Å². The number of likely N-dealkylation sites (tertiary alicyclic amines) is 1. The normalized spacial score (nSPS) is 18.2. The van der Waals surface area contributed by atoms with Gasteiger partial charge in [-0.05, 0) is 44.7 Å². The molecule has 3 heterocycles. The van der Waals surface area contributed by atoms with Crippen LogP contribution in [0.4, 0.5) is 0 Å². The molecule has 1 atom stereocenters. The second-order valence-corrected chi connectivity index (χ2v) is 5.90. The molecular formula is C17H22N4O2. The first-order valence-electron chi connectivity index (χ1n) is 8.10. The largest absolute Gasteiger partial charge is 0.396 e. The van der Waals surface area contributed by atoms with Gasteiger partial charge in [0.2, 0.25) is 0 Å². The van der Waals surface area contributed by atoms with Crippen LogP contribution in [0.15, 0.2) is 30.6 Å². The van der Waals surface area contributed by atoms with Crippen molar-refractivity contribution in [3.05, 3.63) is 41.9 Å². The number of hydrogen-bond donors (Lipinski definition) is 1. The Kier molecular flexibility index (Phi) is 4.71. The Bertz CT molecular complexity index is 666. The number of aliphatic hydroxyl groups excluding tert-OH is 1. The molecule has 0 aliphatic carbocycles. The van der Waals surface area contributed by atoms with Crippen LogP contribution in [0, 0.1) is 6.92 Å². The standard InChI is InChI=1S/C17H22N4O2/c1-13-15(12-19-21(13)16-7-2-4-9-18-16)17(23)20-10-5-3-6-14(20)8-11-22/h2,4,7,9,12,14,22H,3,5-6,8,10-11H2,1H3. The maximum Gasteiger partial charge on any atom is 0.257 e. The number of nitrogens with zero attached hydrogens (tertiary/aromatic N) is 4. The molecule has 6 nitrogen and oxygen atoms in total. The number of aliphatic hydroxyl groups is 1. The van der Waals surface area contributed by atoms with Gasteiger partial charge in [0.15, 0.2) is 5.82 Å². The van der Waals surface area contributed by atoms with E-state index in [-0.39, 0.29) is 18.6 Å². The Hall–Kier alpha value is -2.21. The molecule has 3 rings (SSSR count). The van der Waals surface area contributed by atoms with E-state index < -0.39 is 0 Å². The zero-order valence-corrected chi connectivity index (χ0v) is 13.4. The summed E-state index contributed by atoms with van der Waals surface area (Å²) in [5, 5.41) is 13.6. The average Bonchev–Trinajstić information content (AvgIpc) is 2.97. The summed E-state index contributed by atoms with van der Waals surface area (Å²) >= 11 is 0. The summed E-state index contributed by atoms with van der Waals surface area (Å²) in [5.74, 6) is 0.706. The molecule has 23 heavy (non-hydrogen) atoms. The fourth-order valence-corrected chi connectivity index (χ4v) is 3.20. The van der Waals surface area contributed by atoms with Crippen molar-refractivity contribution < 1.29 is 9.90 Å². The number of amides is 1. The van der Waals surface area contributed by atoms with E-state index in [1.165, 1.54) is 0 Å². The minimum Gasteiger partial charge on any atom is -0.396 e. The average molecular weight is 314 g/mol. The molecular weight excluding hydrogens is 292 g/mol. The van der Waals surface area contributed by atoms with Crippen LogP contribution in [0.5, 0.6) is 0 Å². The van der Waals surface area contributed by atoms with Crippen LogP contribution in [0.2, 0.25) is 0 Å². The number of carbonyl (C=O) groups is 1. The lowest BCUT2D eigenvalue weighted by molar-refractivity contribution is 0.0574. The van der Waals surface area contributed by atoms with Crippen molar-refractivity contribution in [2.24, 2.45) is 0 Å². The predicted octanol–water partition coefficient (Wildman–Crippen LogP) is 1.95. The molecule has 1 saturated heterocycles. The first-order chi connectivity index (χ1) is 11.2. The van der Waals surface area contributed by atoms with Crippen LogP contribution >= 0.6 is 0 Å². The van der Waals surface area contributed by atoms with Gasteiger partial charge in [-0.2, -0.15) is 5.10 Å². The van der Waals surface area contributed by atoms with Crippen LogP contribution in [-0.2, 0) is 0 Å². The van der Waals surface area contributed by atoms with Crippen LogP contribution in [0.25, 0.3) is 5.82 Å². The minimum absolute atomic E-state index is 0.00262. The molecule has 0 spiro atoms. The summed E-state index contributed by atoms with van der Waals surface area (Å²) in [5.41, 5.74) is 1.41. The first-order valence-corrected chi connectivity index (χ1v) is 8.10. The highest BCUT2D eigenvalue weighted by Crippen LogP contribution is 2.23. The highest BCUT2D eigenvalue weighted by molar-refractivity contribution is 5.95. The molecule has 2 aromatic rings. The third kappa shape index (κ3) is 3.12. The molecule has 1 amide bonds. The van der Waals surface area contributed by atoms with Crippen molar-refractivity contribution in [1.29, 1.82) is 0 Å². The van der Waals surface area contributed by atoms with E-state index in [1.807, 2.05) is 30.0 Å². The number of pyridine rings is 1. The van der Waals surface area contributed by atoms with E-state index in [4.69, 9.17) is 0 Å². The maximum absolute atomic E-state index is 12.9. The quantitative estimate of drug-likeness (QED) is 0.936. The molecule has 6 heteroatoms. The van der Waals surface area contributed by atoms with Gasteiger partial charge >= 0.3 is 0 Å². The number of rotatable bonds is 4. The molecule has 0 aromatic carbocycles. The van der Waals surface area contributed by atoms with Gasteiger partial charge in [-0.15, -0.1) is 0 Å². The van der Waals surface area contributed by atoms with Crippen molar-refractivity contribution in [1.82, 2.24) is 19.7 Å². The molecule has 1 unspecified atom stereocenters. The van der Waals surface area contributed by atoms with Gasteiger partial charge in [0.25, 0.3) is 5.91 Å². The summed E-state index contributed by atoms with van der Waals surface area (Å²) in [6.07, 6.45) is 7.05. The summed E-state index contributed by atoms with van der Waals surface area (Å²) in [4.78, 5) is 19.1. The van der Waals surface area contributed by atoms with E-state index in [1.54, 1.807) is 17.1 Å². The van der Waals surface area contributed by atoms with Crippen molar-refractivity contribution in [2.75, 3.05) is 13.2 Å². The van der Waals surface area contributed by atoms with Gasteiger partial charge < -0.3 is 10.0 Å². The molecule has 0 saturated carbocycles. The van der Waals surface area contributed by atoms with E-state index in [9.17, 15) is 9.90 Å². The molecule has 122 valence electrons. The molecule has 0 bridgehead atoms. The second-order valence-electron chi connectivity index (χ2n) is 5.90. The second kappa shape index (κ2) is 6.91. The fourth-order valence-electron chi connectivity index (χ4n) is 3.20. The summed E-state index contributed by atoms with van der Waals surface area (Å²) < 4.78 is 1.69. The van der Waals surface area contributed by atoms with Crippen molar-refractivity contribution >= 4 is 5.91 Å². The Morgan fingerprint density at radius 1 is 1.39 bits per heavy atom.